The summed E-state index contributed by atoms with van der Waals surface area (Å²) in [5, 5.41) is 0. The fourth-order valence-electron chi connectivity index (χ4n) is 2.29. The van der Waals surface area contributed by atoms with E-state index >= 15 is 0 Å². The minimum atomic E-state index is 0.380. The van der Waals surface area contributed by atoms with E-state index in [0.29, 0.717) is 6.04 Å². The lowest BCUT2D eigenvalue weighted by atomic mass is 9.92. The zero-order chi connectivity index (χ0) is 11.2. The van der Waals surface area contributed by atoms with E-state index in [2.05, 4.69) is 17.2 Å². The Morgan fingerprint density at radius 1 is 1.50 bits per heavy atom. The van der Waals surface area contributed by atoms with Crippen LogP contribution in [0.25, 0.3) is 0 Å². The molecule has 2 rings (SSSR count). The second-order valence-corrected chi connectivity index (χ2v) is 5.72. The molecule has 1 aromatic heterocycles. The molecule has 16 heavy (non-hydrogen) atoms. The van der Waals surface area contributed by atoms with Gasteiger partial charge in [0.05, 0.1) is 12.5 Å². The van der Waals surface area contributed by atoms with Crippen molar-refractivity contribution in [3.05, 3.63) is 24.2 Å². The maximum absolute atomic E-state index is 5.62. The Balaban J connectivity index is 1.80. The predicted octanol–water partition coefficient (Wildman–Crippen LogP) is 2.19. The normalized spacial score (nSPS) is 19.8. The summed E-state index contributed by atoms with van der Waals surface area (Å²) in [5.74, 6) is 9.09. The Hall–Kier alpha value is -0.450. The summed E-state index contributed by atoms with van der Waals surface area (Å²) in [6.45, 7) is 0. The van der Waals surface area contributed by atoms with Crippen LogP contribution in [0, 0.1) is 5.92 Å². The third-order valence-corrected chi connectivity index (χ3v) is 4.31. The van der Waals surface area contributed by atoms with E-state index in [1.165, 1.54) is 36.3 Å². The van der Waals surface area contributed by atoms with Crippen molar-refractivity contribution in [2.24, 2.45) is 11.8 Å². The molecule has 2 heterocycles. The monoisotopic (exact) mass is 240 g/mol. The molecular weight excluding hydrogens is 220 g/mol. The Kier molecular flexibility index (Phi) is 4.75. The van der Waals surface area contributed by atoms with E-state index in [0.717, 1.165) is 12.3 Å². The van der Waals surface area contributed by atoms with Gasteiger partial charge in [-0.2, -0.15) is 11.8 Å². The zero-order valence-corrected chi connectivity index (χ0v) is 10.3. The van der Waals surface area contributed by atoms with Gasteiger partial charge in [-0.15, -0.1) is 0 Å². The Bertz CT molecular complexity index is 283. The molecule has 1 saturated heterocycles. The molecule has 1 atom stereocenters. The highest BCUT2D eigenvalue weighted by molar-refractivity contribution is 7.99. The molecule has 0 aromatic carbocycles. The quantitative estimate of drug-likeness (QED) is 0.612. The van der Waals surface area contributed by atoms with Gasteiger partial charge in [-0.1, -0.05) is 0 Å². The minimum absolute atomic E-state index is 0.380. The average Bonchev–Trinajstić information content (AvgIpc) is 2.82. The lowest BCUT2D eigenvalue weighted by molar-refractivity contribution is 0.365. The summed E-state index contributed by atoms with van der Waals surface area (Å²) in [7, 11) is 0. The molecule has 0 radical (unpaired) electrons. The van der Waals surface area contributed by atoms with Crippen molar-refractivity contribution < 1.29 is 4.42 Å². The molecule has 3 N–H and O–H groups in total. The van der Waals surface area contributed by atoms with Gasteiger partial charge in [0.25, 0.3) is 0 Å². The lowest BCUT2D eigenvalue weighted by Crippen LogP contribution is -2.38. The number of hydrogen-bond donors (Lipinski definition) is 2. The van der Waals surface area contributed by atoms with Crippen LogP contribution in [-0.2, 0) is 6.42 Å². The van der Waals surface area contributed by atoms with Crippen molar-refractivity contribution in [1.82, 2.24) is 5.43 Å². The molecule has 90 valence electrons. The van der Waals surface area contributed by atoms with Crippen molar-refractivity contribution >= 4 is 11.8 Å². The summed E-state index contributed by atoms with van der Waals surface area (Å²) in [5.41, 5.74) is 4.17. The van der Waals surface area contributed by atoms with Crippen LogP contribution in [0.5, 0.6) is 0 Å². The van der Waals surface area contributed by atoms with E-state index in [-0.39, 0.29) is 0 Å². The van der Waals surface area contributed by atoms with Gasteiger partial charge in [0, 0.05) is 6.04 Å². The van der Waals surface area contributed by atoms with E-state index in [1.807, 2.05) is 6.07 Å². The fourth-order valence-corrected chi connectivity index (χ4v) is 3.49. The first-order valence-corrected chi connectivity index (χ1v) is 7.09. The standard InChI is InChI=1S/C12H20N2OS/c13-14-12(8-11-1-4-15-9-11)7-10-2-5-16-6-3-10/h1,4,9-10,12,14H,2-3,5-8,13H2. The molecule has 0 amide bonds. The summed E-state index contributed by atoms with van der Waals surface area (Å²) >= 11 is 2.07. The Morgan fingerprint density at radius 2 is 2.31 bits per heavy atom. The van der Waals surface area contributed by atoms with Crippen LogP contribution in [0.15, 0.2) is 23.0 Å². The zero-order valence-electron chi connectivity index (χ0n) is 9.52. The molecule has 1 aliphatic rings. The first kappa shape index (κ1) is 12.0. The maximum Gasteiger partial charge on any atom is 0.0935 e. The Morgan fingerprint density at radius 3 is 2.94 bits per heavy atom. The summed E-state index contributed by atoms with van der Waals surface area (Å²) in [4.78, 5) is 0. The van der Waals surface area contributed by atoms with E-state index < -0.39 is 0 Å². The lowest BCUT2D eigenvalue weighted by Gasteiger charge is -2.25. The van der Waals surface area contributed by atoms with Crippen molar-refractivity contribution in [1.29, 1.82) is 0 Å². The van der Waals surface area contributed by atoms with Gasteiger partial charge in [0.15, 0.2) is 0 Å². The number of furan rings is 1. The van der Waals surface area contributed by atoms with Crippen LogP contribution in [0.4, 0.5) is 0 Å². The van der Waals surface area contributed by atoms with Crippen LogP contribution < -0.4 is 11.3 Å². The van der Waals surface area contributed by atoms with Gasteiger partial charge < -0.3 is 4.42 Å². The van der Waals surface area contributed by atoms with Crippen LogP contribution in [0.3, 0.4) is 0 Å². The molecule has 0 aliphatic carbocycles. The van der Waals surface area contributed by atoms with Crippen LogP contribution in [-0.4, -0.2) is 17.5 Å². The average molecular weight is 240 g/mol. The molecule has 4 heteroatoms. The van der Waals surface area contributed by atoms with Gasteiger partial charge in [-0.3, -0.25) is 11.3 Å². The van der Waals surface area contributed by atoms with Crippen LogP contribution >= 0.6 is 11.8 Å². The van der Waals surface area contributed by atoms with Crippen molar-refractivity contribution in [2.45, 2.75) is 31.7 Å². The number of hydrazine groups is 1. The molecule has 3 nitrogen and oxygen atoms in total. The molecule has 1 aliphatic heterocycles. The van der Waals surface area contributed by atoms with Gasteiger partial charge in [0.2, 0.25) is 0 Å². The molecule has 0 saturated carbocycles. The summed E-state index contributed by atoms with van der Waals surface area (Å²) < 4.78 is 5.08. The smallest absolute Gasteiger partial charge is 0.0935 e. The number of thioether (sulfide) groups is 1. The van der Waals surface area contributed by atoms with Gasteiger partial charge >= 0.3 is 0 Å². The van der Waals surface area contributed by atoms with Gasteiger partial charge in [-0.25, -0.2) is 0 Å². The molecule has 0 spiro atoms. The molecule has 0 bridgehead atoms. The second kappa shape index (κ2) is 6.33. The first-order chi connectivity index (χ1) is 7.88. The third-order valence-electron chi connectivity index (χ3n) is 3.26. The van der Waals surface area contributed by atoms with Gasteiger partial charge in [0.1, 0.15) is 0 Å². The fraction of sp³-hybridized carbons (Fsp3) is 0.667. The van der Waals surface area contributed by atoms with Crippen molar-refractivity contribution in [2.75, 3.05) is 11.5 Å². The molecular formula is C12H20N2OS. The van der Waals surface area contributed by atoms with Crippen molar-refractivity contribution in [3.63, 3.8) is 0 Å². The minimum Gasteiger partial charge on any atom is -0.472 e. The van der Waals surface area contributed by atoms with Crippen LogP contribution in [0.2, 0.25) is 0 Å². The number of rotatable bonds is 5. The summed E-state index contributed by atoms with van der Waals surface area (Å²) in [6.07, 6.45) is 8.36. The second-order valence-electron chi connectivity index (χ2n) is 4.49. The number of nitrogens with two attached hydrogens (primary N) is 1. The van der Waals surface area contributed by atoms with E-state index in [9.17, 15) is 0 Å². The SMILES string of the molecule is NNC(Cc1ccoc1)CC1CCSCC1. The molecule has 1 fully saturated rings. The molecule has 1 aromatic rings. The number of nitrogens with one attached hydrogen (secondary N) is 1. The van der Waals surface area contributed by atoms with Crippen LogP contribution in [0.1, 0.15) is 24.8 Å². The Labute approximate surface area is 101 Å². The summed E-state index contributed by atoms with van der Waals surface area (Å²) in [6, 6.07) is 2.40. The van der Waals surface area contributed by atoms with Crippen molar-refractivity contribution in [3.8, 4) is 0 Å². The topological polar surface area (TPSA) is 51.2 Å². The highest BCUT2D eigenvalue weighted by atomic mass is 32.2. The van der Waals surface area contributed by atoms with E-state index in [4.69, 9.17) is 10.3 Å². The third kappa shape index (κ3) is 3.54. The number of hydrogen-bond acceptors (Lipinski definition) is 4. The highest BCUT2D eigenvalue weighted by Crippen LogP contribution is 2.26. The molecule has 1 unspecified atom stereocenters. The first-order valence-electron chi connectivity index (χ1n) is 5.93. The maximum atomic E-state index is 5.62. The van der Waals surface area contributed by atoms with E-state index in [1.54, 1.807) is 12.5 Å². The highest BCUT2D eigenvalue weighted by Gasteiger charge is 2.18. The predicted molar refractivity (Wildman–Crippen MR) is 68.2 cm³/mol. The van der Waals surface area contributed by atoms with Gasteiger partial charge in [-0.05, 0) is 54.7 Å². The largest absolute Gasteiger partial charge is 0.472 e.